The van der Waals surface area contributed by atoms with E-state index in [1.807, 2.05) is 0 Å². The summed E-state index contributed by atoms with van der Waals surface area (Å²) in [4.78, 5) is 22.7. The highest BCUT2D eigenvalue weighted by Gasteiger charge is 2.26. The molecular formula is C14H16F3NO4. The molecule has 1 rings (SSSR count). The molecule has 1 unspecified atom stereocenters. The number of rotatable bonds is 7. The first-order valence-electron chi connectivity index (χ1n) is 6.41. The van der Waals surface area contributed by atoms with Gasteiger partial charge in [0.15, 0.2) is 6.04 Å². The van der Waals surface area contributed by atoms with E-state index in [9.17, 15) is 22.8 Å². The van der Waals surface area contributed by atoms with Gasteiger partial charge in [-0.3, -0.25) is 4.79 Å². The Kier molecular flexibility index (Phi) is 6.36. The van der Waals surface area contributed by atoms with E-state index in [0.29, 0.717) is 5.56 Å². The Morgan fingerprint density at radius 3 is 2.32 bits per heavy atom. The van der Waals surface area contributed by atoms with Crippen LogP contribution in [0.2, 0.25) is 0 Å². The molecule has 0 radical (unpaired) electrons. The van der Waals surface area contributed by atoms with Gasteiger partial charge in [0.1, 0.15) is 0 Å². The Morgan fingerprint density at radius 2 is 1.86 bits per heavy atom. The number of hydrogen-bond donors (Lipinski definition) is 2. The molecule has 0 aliphatic carbocycles. The van der Waals surface area contributed by atoms with Gasteiger partial charge in [0, 0.05) is 19.1 Å². The minimum atomic E-state index is -4.23. The normalized spacial score (nSPS) is 12.7. The number of ether oxygens (including phenoxy) is 1. The second kappa shape index (κ2) is 7.79. The molecule has 1 atom stereocenters. The summed E-state index contributed by atoms with van der Waals surface area (Å²) in [7, 11) is 1.30. The van der Waals surface area contributed by atoms with Gasteiger partial charge in [0.25, 0.3) is 5.91 Å². The Bertz CT molecular complexity index is 514. The highest BCUT2D eigenvalue weighted by atomic mass is 19.4. The lowest BCUT2D eigenvalue weighted by atomic mass is 10.1. The van der Waals surface area contributed by atoms with Crippen LogP contribution < -0.4 is 5.32 Å². The van der Waals surface area contributed by atoms with Crippen LogP contribution in [0.5, 0.6) is 0 Å². The summed E-state index contributed by atoms with van der Waals surface area (Å²) in [6, 6.07) is 4.33. The molecular weight excluding hydrogens is 303 g/mol. The van der Waals surface area contributed by atoms with Gasteiger partial charge in [-0.2, -0.15) is 13.2 Å². The predicted octanol–water partition coefficient (Wildman–Crippen LogP) is 2.01. The van der Waals surface area contributed by atoms with Crippen molar-refractivity contribution in [3.63, 3.8) is 0 Å². The third-order valence-electron chi connectivity index (χ3n) is 2.85. The summed E-state index contributed by atoms with van der Waals surface area (Å²) in [5.41, 5.74) is 0.610. The molecule has 1 aromatic carbocycles. The van der Waals surface area contributed by atoms with Crippen LogP contribution in [0.4, 0.5) is 13.2 Å². The molecule has 0 aliphatic heterocycles. The molecule has 0 bridgehead atoms. The van der Waals surface area contributed by atoms with Crippen molar-refractivity contribution in [2.45, 2.75) is 25.1 Å². The standard InChI is InChI=1S/C14H16F3NO4/c1-22-8-11(13(20)21)18-12(19)10-4-2-9(3-5-10)6-7-14(15,16)17/h2-5,11H,6-8H2,1H3,(H,18,19)(H,20,21). The largest absolute Gasteiger partial charge is 0.480 e. The smallest absolute Gasteiger partial charge is 0.389 e. The summed E-state index contributed by atoms with van der Waals surface area (Å²) in [6.45, 7) is -0.190. The number of hydrogen-bond acceptors (Lipinski definition) is 3. The number of aryl methyl sites for hydroxylation is 1. The van der Waals surface area contributed by atoms with Crippen molar-refractivity contribution in [2.75, 3.05) is 13.7 Å². The van der Waals surface area contributed by atoms with Crippen molar-refractivity contribution >= 4 is 11.9 Å². The maximum absolute atomic E-state index is 12.1. The van der Waals surface area contributed by atoms with Crippen LogP contribution in [0.15, 0.2) is 24.3 Å². The van der Waals surface area contributed by atoms with Crippen LogP contribution in [0.1, 0.15) is 22.3 Å². The maximum atomic E-state index is 12.1. The monoisotopic (exact) mass is 319 g/mol. The van der Waals surface area contributed by atoms with Crippen LogP contribution in [0, 0.1) is 0 Å². The number of carboxylic acid groups (broad SMARTS) is 1. The number of alkyl halides is 3. The van der Waals surface area contributed by atoms with Gasteiger partial charge in [-0.05, 0) is 24.1 Å². The minimum Gasteiger partial charge on any atom is -0.480 e. The van der Waals surface area contributed by atoms with Crippen molar-refractivity contribution in [3.8, 4) is 0 Å². The van der Waals surface area contributed by atoms with Crippen molar-refractivity contribution in [1.82, 2.24) is 5.32 Å². The van der Waals surface area contributed by atoms with Crippen LogP contribution in [0.3, 0.4) is 0 Å². The van der Waals surface area contributed by atoms with E-state index in [-0.39, 0.29) is 18.6 Å². The Labute approximate surface area is 125 Å². The third-order valence-corrected chi connectivity index (χ3v) is 2.85. The molecule has 0 heterocycles. The number of carbonyl (C=O) groups excluding carboxylic acids is 1. The molecule has 1 aromatic rings. The second-order valence-corrected chi connectivity index (χ2v) is 4.63. The zero-order valence-corrected chi connectivity index (χ0v) is 11.8. The van der Waals surface area contributed by atoms with Crippen LogP contribution in [-0.4, -0.2) is 42.9 Å². The average Bonchev–Trinajstić information content (AvgIpc) is 2.44. The summed E-state index contributed by atoms with van der Waals surface area (Å²) in [5.74, 6) is -1.87. The molecule has 0 saturated carbocycles. The molecule has 2 N–H and O–H groups in total. The number of benzene rings is 1. The Morgan fingerprint density at radius 1 is 1.27 bits per heavy atom. The maximum Gasteiger partial charge on any atom is 0.389 e. The fourth-order valence-corrected chi connectivity index (χ4v) is 1.69. The minimum absolute atomic E-state index is 0.165. The van der Waals surface area contributed by atoms with Crippen molar-refractivity contribution < 1.29 is 32.6 Å². The first-order valence-corrected chi connectivity index (χ1v) is 6.41. The molecule has 0 fully saturated rings. The molecule has 0 aliphatic rings. The number of carbonyl (C=O) groups is 2. The third kappa shape index (κ3) is 6.13. The lowest BCUT2D eigenvalue weighted by Crippen LogP contribution is -2.43. The summed E-state index contributed by atoms with van der Waals surface area (Å²) in [6.07, 6.45) is -5.34. The fourth-order valence-electron chi connectivity index (χ4n) is 1.69. The van der Waals surface area contributed by atoms with Crippen molar-refractivity contribution in [3.05, 3.63) is 35.4 Å². The van der Waals surface area contributed by atoms with Gasteiger partial charge in [0.05, 0.1) is 6.61 Å². The number of carboxylic acids is 1. The molecule has 1 amide bonds. The Hall–Kier alpha value is -2.09. The number of methoxy groups -OCH3 is 1. The SMILES string of the molecule is COCC(NC(=O)c1ccc(CCC(F)(F)F)cc1)C(=O)O. The van der Waals surface area contributed by atoms with Gasteiger partial charge in [-0.1, -0.05) is 12.1 Å². The fraction of sp³-hybridized carbons (Fsp3) is 0.429. The van der Waals surface area contributed by atoms with Gasteiger partial charge < -0.3 is 15.2 Å². The van der Waals surface area contributed by atoms with E-state index < -0.39 is 30.5 Å². The van der Waals surface area contributed by atoms with Crippen molar-refractivity contribution in [2.24, 2.45) is 0 Å². The molecule has 0 saturated heterocycles. The first-order chi connectivity index (χ1) is 10.2. The highest BCUT2D eigenvalue weighted by molar-refractivity contribution is 5.96. The molecule has 5 nitrogen and oxygen atoms in total. The van der Waals surface area contributed by atoms with Crippen LogP contribution in [0.25, 0.3) is 0 Å². The highest BCUT2D eigenvalue weighted by Crippen LogP contribution is 2.22. The zero-order chi connectivity index (χ0) is 16.8. The lowest BCUT2D eigenvalue weighted by molar-refractivity contribution is -0.140. The van der Waals surface area contributed by atoms with Crippen LogP contribution >= 0.6 is 0 Å². The van der Waals surface area contributed by atoms with E-state index in [1.54, 1.807) is 0 Å². The summed E-state index contributed by atoms with van der Waals surface area (Å²) >= 11 is 0. The number of amides is 1. The van der Waals surface area contributed by atoms with Crippen molar-refractivity contribution in [1.29, 1.82) is 0 Å². The number of nitrogens with one attached hydrogen (secondary N) is 1. The molecule has 0 aromatic heterocycles. The predicted molar refractivity (Wildman–Crippen MR) is 71.6 cm³/mol. The molecule has 8 heteroatoms. The van der Waals surface area contributed by atoms with E-state index in [2.05, 4.69) is 10.1 Å². The van der Waals surface area contributed by atoms with E-state index in [4.69, 9.17) is 5.11 Å². The summed E-state index contributed by atoms with van der Waals surface area (Å²) in [5, 5.41) is 11.2. The van der Waals surface area contributed by atoms with Gasteiger partial charge in [-0.15, -0.1) is 0 Å². The first kappa shape index (κ1) is 18.0. The molecule has 0 spiro atoms. The van der Waals surface area contributed by atoms with E-state index >= 15 is 0 Å². The molecule has 22 heavy (non-hydrogen) atoms. The van der Waals surface area contributed by atoms with E-state index in [1.165, 1.54) is 31.4 Å². The van der Waals surface area contributed by atoms with Gasteiger partial charge >= 0.3 is 12.1 Å². The zero-order valence-electron chi connectivity index (χ0n) is 11.8. The second-order valence-electron chi connectivity index (χ2n) is 4.63. The number of halogens is 3. The molecule has 122 valence electrons. The van der Waals surface area contributed by atoms with Gasteiger partial charge in [-0.25, -0.2) is 4.79 Å². The number of aliphatic carboxylic acids is 1. The van der Waals surface area contributed by atoms with Gasteiger partial charge in [0.2, 0.25) is 0 Å². The average molecular weight is 319 g/mol. The Balaban J connectivity index is 2.65. The van der Waals surface area contributed by atoms with E-state index in [0.717, 1.165) is 0 Å². The quantitative estimate of drug-likeness (QED) is 0.806. The van der Waals surface area contributed by atoms with Crippen LogP contribution in [-0.2, 0) is 16.0 Å². The summed E-state index contributed by atoms with van der Waals surface area (Å²) < 4.78 is 41.0. The lowest BCUT2D eigenvalue weighted by Gasteiger charge is -2.13. The topological polar surface area (TPSA) is 75.6 Å².